The van der Waals surface area contributed by atoms with Crippen molar-refractivity contribution in [3.63, 3.8) is 0 Å². The third kappa shape index (κ3) is 3.77. The van der Waals surface area contributed by atoms with Crippen LogP contribution in [0.3, 0.4) is 0 Å². The summed E-state index contributed by atoms with van der Waals surface area (Å²) in [5.74, 6) is 0.309. The molecular formula is C15H22N2O3. The highest BCUT2D eigenvalue weighted by Crippen LogP contribution is 2.24. The molecule has 1 aliphatic rings. The number of benzene rings is 1. The molecule has 0 amide bonds. The van der Waals surface area contributed by atoms with Crippen molar-refractivity contribution in [2.75, 3.05) is 6.54 Å². The first-order chi connectivity index (χ1) is 9.58. The summed E-state index contributed by atoms with van der Waals surface area (Å²) in [6, 6.07) is 5.32. The van der Waals surface area contributed by atoms with Gasteiger partial charge in [-0.1, -0.05) is 25.0 Å². The molecule has 0 heterocycles. The Bertz CT molecular complexity index is 476. The second-order valence-electron chi connectivity index (χ2n) is 5.62. The van der Waals surface area contributed by atoms with Crippen molar-refractivity contribution in [1.82, 2.24) is 5.32 Å². The second kappa shape index (κ2) is 6.81. The van der Waals surface area contributed by atoms with E-state index in [0.29, 0.717) is 18.0 Å². The summed E-state index contributed by atoms with van der Waals surface area (Å²) in [7, 11) is 0. The van der Waals surface area contributed by atoms with Crippen molar-refractivity contribution >= 4 is 5.69 Å². The molecule has 20 heavy (non-hydrogen) atoms. The maximum Gasteiger partial charge on any atom is 0.272 e. The molecule has 2 rings (SSSR count). The largest absolute Gasteiger partial charge is 0.393 e. The van der Waals surface area contributed by atoms with Crippen LogP contribution >= 0.6 is 0 Å². The predicted octanol–water partition coefficient (Wildman–Crippen LogP) is 2.54. The van der Waals surface area contributed by atoms with Gasteiger partial charge in [0, 0.05) is 24.7 Å². The van der Waals surface area contributed by atoms with Gasteiger partial charge < -0.3 is 10.4 Å². The van der Waals surface area contributed by atoms with Crippen LogP contribution in [0.1, 0.15) is 36.8 Å². The van der Waals surface area contributed by atoms with E-state index in [1.807, 2.05) is 6.07 Å². The number of rotatable bonds is 5. The average molecular weight is 278 g/mol. The quantitative estimate of drug-likeness (QED) is 0.641. The first-order valence-electron chi connectivity index (χ1n) is 7.20. The molecule has 0 radical (unpaired) electrons. The van der Waals surface area contributed by atoms with E-state index in [0.717, 1.165) is 31.4 Å². The van der Waals surface area contributed by atoms with Gasteiger partial charge in [0.1, 0.15) is 0 Å². The van der Waals surface area contributed by atoms with Gasteiger partial charge >= 0.3 is 0 Å². The van der Waals surface area contributed by atoms with Crippen molar-refractivity contribution in [2.24, 2.45) is 5.92 Å². The van der Waals surface area contributed by atoms with E-state index in [2.05, 4.69) is 5.32 Å². The minimum Gasteiger partial charge on any atom is -0.393 e. The van der Waals surface area contributed by atoms with Gasteiger partial charge in [-0.3, -0.25) is 10.1 Å². The fourth-order valence-electron chi connectivity index (χ4n) is 2.79. The zero-order chi connectivity index (χ0) is 14.5. The summed E-state index contributed by atoms with van der Waals surface area (Å²) in [5.41, 5.74) is 1.76. The van der Waals surface area contributed by atoms with Crippen LogP contribution in [-0.2, 0) is 6.54 Å². The highest BCUT2D eigenvalue weighted by molar-refractivity contribution is 5.42. The molecule has 0 spiro atoms. The van der Waals surface area contributed by atoms with Crippen LogP contribution < -0.4 is 5.32 Å². The number of nitro groups is 1. The SMILES string of the molecule is Cc1ccc(CNCC2CCCCC2O)cc1[N+](=O)[O-]. The summed E-state index contributed by atoms with van der Waals surface area (Å²) in [6.45, 7) is 3.11. The molecule has 2 atom stereocenters. The molecule has 1 aromatic rings. The predicted molar refractivity (Wildman–Crippen MR) is 77.5 cm³/mol. The van der Waals surface area contributed by atoms with E-state index in [1.54, 1.807) is 19.1 Å². The van der Waals surface area contributed by atoms with E-state index in [1.165, 1.54) is 6.42 Å². The van der Waals surface area contributed by atoms with Gasteiger partial charge in [0.05, 0.1) is 11.0 Å². The van der Waals surface area contributed by atoms with Gasteiger partial charge in [-0.25, -0.2) is 0 Å². The number of nitrogens with zero attached hydrogens (tertiary/aromatic N) is 1. The topological polar surface area (TPSA) is 75.4 Å². The maximum absolute atomic E-state index is 10.9. The van der Waals surface area contributed by atoms with Crippen molar-refractivity contribution < 1.29 is 10.0 Å². The van der Waals surface area contributed by atoms with Crippen LogP contribution in [-0.4, -0.2) is 22.7 Å². The van der Waals surface area contributed by atoms with Crippen LogP contribution in [0.25, 0.3) is 0 Å². The fraction of sp³-hybridized carbons (Fsp3) is 0.600. The van der Waals surface area contributed by atoms with Gasteiger partial charge in [0.2, 0.25) is 0 Å². The molecule has 5 heteroatoms. The Morgan fingerprint density at radius 3 is 2.85 bits per heavy atom. The van der Waals surface area contributed by atoms with Crippen LogP contribution in [0, 0.1) is 23.0 Å². The van der Waals surface area contributed by atoms with E-state index < -0.39 is 0 Å². The van der Waals surface area contributed by atoms with Crippen LogP contribution in [0.5, 0.6) is 0 Å². The Kier molecular flexibility index (Phi) is 5.09. The van der Waals surface area contributed by atoms with Gasteiger partial charge in [0.25, 0.3) is 5.69 Å². The first-order valence-corrected chi connectivity index (χ1v) is 7.20. The number of aryl methyl sites for hydroxylation is 1. The van der Waals surface area contributed by atoms with Crippen molar-refractivity contribution in [3.8, 4) is 0 Å². The lowest BCUT2D eigenvalue weighted by Gasteiger charge is -2.27. The van der Waals surface area contributed by atoms with E-state index in [4.69, 9.17) is 0 Å². The summed E-state index contributed by atoms with van der Waals surface area (Å²) in [5, 5.41) is 24.1. The molecule has 0 saturated heterocycles. The summed E-state index contributed by atoms with van der Waals surface area (Å²) in [4.78, 5) is 10.5. The first kappa shape index (κ1) is 14.9. The van der Waals surface area contributed by atoms with E-state index in [9.17, 15) is 15.2 Å². The maximum atomic E-state index is 10.9. The average Bonchev–Trinajstić information content (AvgIpc) is 2.42. The summed E-state index contributed by atoms with van der Waals surface area (Å²) >= 11 is 0. The summed E-state index contributed by atoms with van der Waals surface area (Å²) < 4.78 is 0. The van der Waals surface area contributed by atoms with Gasteiger partial charge in [-0.2, -0.15) is 0 Å². The lowest BCUT2D eigenvalue weighted by molar-refractivity contribution is -0.385. The Morgan fingerprint density at radius 1 is 1.40 bits per heavy atom. The van der Waals surface area contributed by atoms with E-state index in [-0.39, 0.29) is 16.7 Å². The second-order valence-corrected chi connectivity index (χ2v) is 5.62. The Hall–Kier alpha value is -1.46. The van der Waals surface area contributed by atoms with Gasteiger partial charge in [-0.15, -0.1) is 0 Å². The lowest BCUT2D eigenvalue weighted by atomic mass is 9.86. The highest BCUT2D eigenvalue weighted by atomic mass is 16.6. The molecule has 1 fully saturated rings. The van der Waals surface area contributed by atoms with Crippen LogP contribution in [0.15, 0.2) is 18.2 Å². The zero-order valence-corrected chi connectivity index (χ0v) is 11.8. The number of aliphatic hydroxyl groups excluding tert-OH is 1. The number of hydrogen-bond donors (Lipinski definition) is 2. The number of aliphatic hydroxyl groups is 1. The molecule has 1 aromatic carbocycles. The van der Waals surface area contributed by atoms with Crippen LogP contribution in [0.4, 0.5) is 5.69 Å². The highest BCUT2D eigenvalue weighted by Gasteiger charge is 2.22. The minimum atomic E-state index is -0.344. The zero-order valence-electron chi connectivity index (χ0n) is 11.8. The van der Waals surface area contributed by atoms with Crippen LogP contribution in [0.2, 0.25) is 0 Å². The fourth-order valence-corrected chi connectivity index (χ4v) is 2.79. The Morgan fingerprint density at radius 2 is 2.15 bits per heavy atom. The van der Waals surface area contributed by atoms with Crippen molar-refractivity contribution in [1.29, 1.82) is 0 Å². The van der Waals surface area contributed by atoms with Crippen molar-refractivity contribution in [3.05, 3.63) is 39.4 Å². The molecule has 2 unspecified atom stereocenters. The molecule has 0 bridgehead atoms. The number of nitro benzene ring substituents is 1. The standard InChI is InChI=1S/C15H22N2O3/c1-11-6-7-12(8-14(11)17(19)20)9-16-10-13-4-2-3-5-15(13)18/h6-8,13,15-16,18H,2-5,9-10H2,1H3. The third-order valence-corrected chi connectivity index (χ3v) is 4.07. The molecule has 0 aliphatic heterocycles. The Balaban J connectivity index is 1.87. The molecule has 110 valence electrons. The Labute approximate surface area is 119 Å². The van der Waals surface area contributed by atoms with Gasteiger partial charge in [0.15, 0.2) is 0 Å². The number of nitrogens with one attached hydrogen (secondary N) is 1. The minimum absolute atomic E-state index is 0.169. The number of hydrogen-bond acceptors (Lipinski definition) is 4. The molecule has 2 N–H and O–H groups in total. The van der Waals surface area contributed by atoms with Crippen molar-refractivity contribution in [2.45, 2.75) is 45.3 Å². The third-order valence-electron chi connectivity index (χ3n) is 4.07. The molecule has 0 aromatic heterocycles. The van der Waals surface area contributed by atoms with E-state index >= 15 is 0 Å². The monoisotopic (exact) mass is 278 g/mol. The summed E-state index contributed by atoms with van der Waals surface area (Å²) in [6.07, 6.45) is 4.04. The molecule has 5 nitrogen and oxygen atoms in total. The normalized spacial score (nSPS) is 22.7. The smallest absolute Gasteiger partial charge is 0.272 e. The lowest BCUT2D eigenvalue weighted by Crippen LogP contribution is -2.33. The molecule has 1 aliphatic carbocycles. The molecular weight excluding hydrogens is 256 g/mol. The van der Waals surface area contributed by atoms with Gasteiger partial charge in [-0.05, 0) is 31.2 Å². The molecule has 1 saturated carbocycles.